The van der Waals surface area contributed by atoms with Gasteiger partial charge in [-0.25, -0.2) is 4.98 Å². The average molecular weight is 413 g/mol. The zero-order chi connectivity index (χ0) is 20.1. The number of benzene rings is 2. The molecule has 0 spiro atoms. The Labute approximate surface area is 169 Å². The molecular formula is C19H13ClN4O3S. The number of hydrogen-bond acceptors (Lipinski definition) is 7. The number of halogens is 1. The van der Waals surface area contributed by atoms with Gasteiger partial charge in [0.2, 0.25) is 0 Å². The van der Waals surface area contributed by atoms with Gasteiger partial charge >= 0.3 is 0 Å². The quantitative estimate of drug-likeness (QED) is 0.332. The minimum atomic E-state index is -0.456. The van der Waals surface area contributed by atoms with Crippen molar-refractivity contribution in [2.24, 2.45) is 0 Å². The van der Waals surface area contributed by atoms with Gasteiger partial charge in [-0.2, -0.15) is 5.26 Å². The van der Waals surface area contributed by atoms with Gasteiger partial charge in [-0.3, -0.25) is 10.1 Å². The molecule has 1 heterocycles. The minimum Gasteiger partial charge on any atom is -0.495 e. The number of nitro benzene ring substituents is 1. The Morgan fingerprint density at radius 2 is 2.11 bits per heavy atom. The Balaban J connectivity index is 1.84. The van der Waals surface area contributed by atoms with Crippen LogP contribution in [0.5, 0.6) is 5.75 Å². The van der Waals surface area contributed by atoms with Gasteiger partial charge < -0.3 is 10.1 Å². The highest BCUT2D eigenvalue weighted by molar-refractivity contribution is 7.11. The van der Waals surface area contributed by atoms with Crippen molar-refractivity contribution in [3.05, 3.63) is 74.2 Å². The summed E-state index contributed by atoms with van der Waals surface area (Å²) in [6, 6.07) is 13.3. The van der Waals surface area contributed by atoms with E-state index in [0.29, 0.717) is 32.7 Å². The van der Waals surface area contributed by atoms with Crippen LogP contribution in [-0.2, 0) is 0 Å². The predicted octanol–water partition coefficient (Wildman–Crippen LogP) is 5.36. The van der Waals surface area contributed by atoms with Crippen LogP contribution in [0.3, 0.4) is 0 Å². The molecule has 28 heavy (non-hydrogen) atoms. The monoisotopic (exact) mass is 412 g/mol. The van der Waals surface area contributed by atoms with Crippen molar-refractivity contribution in [1.29, 1.82) is 5.26 Å². The van der Waals surface area contributed by atoms with Crippen molar-refractivity contribution in [2.75, 3.05) is 12.4 Å². The molecule has 2 aromatic carbocycles. The number of anilines is 1. The average Bonchev–Trinajstić information content (AvgIpc) is 3.19. The zero-order valence-corrected chi connectivity index (χ0v) is 16.1. The number of nitro groups is 1. The molecule has 7 nitrogen and oxygen atoms in total. The zero-order valence-electron chi connectivity index (χ0n) is 14.5. The second-order valence-electron chi connectivity index (χ2n) is 5.50. The first-order valence-corrected chi connectivity index (χ1v) is 9.18. The van der Waals surface area contributed by atoms with Crippen LogP contribution in [0.2, 0.25) is 5.02 Å². The molecular weight excluding hydrogens is 400 g/mol. The van der Waals surface area contributed by atoms with Gasteiger partial charge in [0.15, 0.2) is 0 Å². The molecule has 140 valence electrons. The number of rotatable bonds is 6. The van der Waals surface area contributed by atoms with E-state index >= 15 is 0 Å². The fourth-order valence-corrected chi connectivity index (χ4v) is 3.34. The summed E-state index contributed by atoms with van der Waals surface area (Å²) in [6.45, 7) is 0. The molecule has 0 radical (unpaired) electrons. The first-order chi connectivity index (χ1) is 13.5. The van der Waals surface area contributed by atoms with Gasteiger partial charge in [0.25, 0.3) is 5.69 Å². The van der Waals surface area contributed by atoms with E-state index in [2.05, 4.69) is 16.4 Å². The maximum absolute atomic E-state index is 10.8. The molecule has 0 fully saturated rings. The molecule has 0 aliphatic heterocycles. The van der Waals surface area contributed by atoms with Crippen LogP contribution in [0.15, 0.2) is 54.0 Å². The Morgan fingerprint density at radius 1 is 1.36 bits per heavy atom. The number of methoxy groups -OCH3 is 1. The number of hydrogen-bond donors (Lipinski definition) is 1. The Morgan fingerprint density at radius 3 is 2.75 bits per heavy atom. The van der Waals surface area contributed by atoms with Crippen molar-refractivity contribution in [2.45, 2.75) is 0 Å². The molecule has 3 rings (SSSR count). The van der Waals surface area contributed by atoms with Gasteiger partial charge in [-0.15, -0.1) is 11.3 Å². The molecule has 1 N–H and O–H groups in total. The van der Waals surface area contributed by atoms with E-state index < -0.39 is 4.92 Å². The first kappa shape index (κ1) is 19.4. The van der Waals surface area contributed by atoms with Crippen LogP contribution in [-0.4, -0.2) is 17.0 Å². The topological polar surface area (TPSA) is 101 Å². The van der Waals surface area contributed by atoms with E-state index in [1.54, 1.807) is 42.8 Å². The number of allylic oxidation sites excluding steroid dienone is 1. The summed E-state index contributed by atoms with van der Waals surface area (Å²) in [6.07, 6.45) is 1.53. The van der Waals surface area contributed by atoms with E-state index in [1.165, 1.54) is 29.7 Å². The second kappa shape index (κ2) is 8.52. The van der Waals surface area contributed by atoms with Crippen LogP contribution in [0, 0.1) is 21.4 Å². The highest BCUT2D eigenvalue weighted by atomic mass is 35.5. The number of nitriles is 1. The maximum atomic E-state index is 10.8. The summed E-state index contributed by atoms with van der Waals surface area (Å²) >= 11 is 7.31. The number of non-ortho nitro benzene ring substituents is 1. The third-order valence-corrected chi connectivity index (χ3v) is 4.87. The smallest absolute Gasteiger partial charge is 0.269 e. The molecule has 0 aliphatic carbocycles. The van der Waals surface area contributed by atoms with Crippen LogP contribution in [0.25, 0.3) is 16.8 Å². The fraction of sp³-hybridized carbons (Fsp3) is 0.0526. The summed E-state index contributed by atoms with van der Waals surface area (Å²) in [5.74, 6) is 0.587. The van der Waals surface area contributed by atoms with Gasteiger partial charge in [0.05, 0.1) is 23.4 Å². The second-order valence-corrected chi connectivity index (χ2v) is 6.80. The van der Waals surface area contributed by atoms with Crippen molar-refractivity contribution in [3.8, 4) is 23.1 Å². The molecule has 9 heteroatoms. The minimum absolute atomic E-state index is 0.0106. The fourth-order valence-electron chi connectivity index (χ4n) is 2.37. The standard InChI is InChI=1S/C19H13ClN4O3S/c1-27-18-7-4-14(20)8-16(18)22-10-13(9-21)19-23-17(11-28-19)12-2-5-15(6-3-12)24(25)26/h2-8,10-11,22H,1H3/b13-10+. The maximum Gasteiger partial charge on any atom is 0.269 e. The van der Waals surface area contributed by atoms with E-state index in [9.17, 15) is 15.4 Å². The largest absolute Gasteiger partial charge is 0.495 e. The van der Waals surface area contributed by atoms with Gasteiger partial charge in [0, 0.05) is 34.3 Å². The molecule has 0 aliphatic rings. The Bertz CT molecular complexity index is 1090. The van der Waals surface area contributed by atoms with E-state index in [4.69, 9.17) is 16.3 Å². The predicted molar refractivity (Wildman–Crippen MR) is 109 cm³/mol. The summed E-state index contributed by atoms with van der Waals surface area (Å²) in [7, 11) is 1.54. The molecule has 0 saturated heterocycles. The number of nitrogens with zero attached hydrogens (tertiary/aromatic N) is 3. The number of ether oxygens (including phenoxy) is 1. The van der Waals surface area contributed by atoms with Crippen LogP contribution >= 0.6 is 22.9 Å². The lowest BCUT2D eigenvalue weighted by molar-refractivity contribution is -0.384. The van der Waals surface area contributed by atoms with E-state index in [0.717, 1.165) is 5.56 Å². The number of thiazole rings is 1. The van der Waals surface area contributed by atoms with Crippen LogP contribution < -0.4 is 10.1 Å². The first-order valence-electron chi connectivity index (χ1n) is 7.93. The third-order valence-electron chi connectivity index (χ3n) is 3.76. The number of nitrogens with one attached hydrogen (secondary N) is 1. The van der Waals surface area contributed by atoms with E-state index in [-0.39, 0.29) is 5.69 Å². The van der Waals surface area contributed by atoms with E-state index in [1.807, 2.05) is 0 Å². The normalized spacial score (nSPS) is 11.0. The molecule has 0 atom stereocenters. The van der Waals surface area contributed by atoms with Crippen molar-refractivity contribution >= 4 is 39.9 Å². The van der Waals surface area contributed by atoms with Crippen molar-refractivity contribution in [3.63, 3.8) is 0 Å². The Hall–Kier alpha value is -3.41. The van der Waals surface area contributed by atoms with Gasteiger partial charge in [-0.05, 0) is 30.3 Å². The van der Waals surface area contributed by atoms with Crippen molar-refractivity contribution in [1.82, 2.24) is 4.98 Å². The summed E-state index contributed by atoms with van der Waals surface area (Å²) in [5.41, 5.74) is 2.33. The summed E-state index contributed by atoms with van der Waals surface area (Å²) < 4.78 is 5.27. The molecule has 1 aromatic heterocycles. The lowest BCUT2D eigenvalue weighted by atomic mass is 10.1. The van der Waals surface area contributed by atoms with Gasteiger partial charge in [-0.1, -0.05) is 11.6 Å². The SMILES string of the molecule is COc1ccc(Cl)cc1N/C=C(\C#N)c1nc(-c2ccc([N+](=O)[O-])cc2)cs1. The summed E-state index contributed by atoms with van der Waals surface area (Å²) in [4.78, 5) is 14.8. The lowest BCUT2D eigenvalue weighted by Gasteiger charge is -2.08. The highest BCUT2D eigenvalue weighted by Crippen LogP contribution is 2.30. The Kier molecular flexibility index (Phi) is 5.89. The van der Waals surface area contributed by atoms with Crippen LogP contribution in [0.4, 0.5) is 11.4 Å². The van der Waals surface area contributed by atoms with Crippen molar-refractivity contribution < 1.29 is 9.66 Å². The number of aromatic nitrogens is 1. The molecule has 0 saturated carbocycles. The van der Waals surface area contributed by atoms with Crippen LogP contribution in [0.1, 0.15) is 5.01 Å². The molecule has 3 aromatic rings. The molecule has 0 amide bonds. The highest BCUT2D eigenvalue weighted by Gasteiger charge is 2.11. The molecule has 0 bridgehead atoms. The molecule has 0 unspecified atom stereocenters. The van der Waals surface area contributed by atoms with Gasteiger partial charge in [0.1, 0.15) is 22.4 Å². The lowest BCUT2D eigenvalue weighted by Crippen LogP contribution is -1.95. The summed E-state index contributed by atoms with van der Waals surface area (Å²) in [5, 5.41) is 26.1. The third kappa shape index (κ3) is 4.28.